The van der Waals surface area contributed by atoms with Crippen LogP contribution < -0.4 is 10.1 Å². The molecule has 8 heteroatoms. The first kappa shape index (κ1) is 14.2. The highest BCUT2D eigenvalue weighted by molar-refractivity contribution is 7.15. The number of nitro groups is 1. The van der Waals surface area contributed by atoms with Gasteiger partial charge in [-0.3, -0.25) is 10.1 Å². The normalized spacial score (nSPS) is 10.3. The Morgan fingerprint density at radius 1 is 1.35 bits per heavy atom. The lowest BCUT2D eigenvalue weighted by molar-refractivity contribution is -0.385. The van der Waals surface area contributed by atoms with Crippen LogP contribution in [0.15, 0.2) is 12.1 Å². The number of aromatic nitrogens is 2. The molecule has 0 fully saturated rings. The third-order valence-corrected chi connectivity index (χ3v) is 3.64. The first-order valence-corrected chi connectivity index (χ1v) is 6.71. The summed E-state index contributed by atoms with van der Waals surface area (Å²) in [5.74, 6) is 0.489. The lowest BCUT2D eigenvalue weighted by atomic mass is 10.1. The van der Waals surface area contributed by atoms with E-state index in [1.807, 2.05) is 6.92 Å². The second-order valence-corrected chi connectivity index (χ2v) is 5.26. The van der Waals surface area contributed by atoms with E-state index in [1.165, 1.54) is 17.4 Å². The van der Waals surface area contributed by atoms with Gasteiger partial charge in [-0.25, -0.2) is 0 Å². The predicted octanol–water partition coefficient (Wildman–Crippen LogP) is 2.68. The topological polar surface area (TPSA) is 90.2 Å². The molecule has 0 aliphatic heterocycles. The molecule has 0 unspecified atom stereocenters. The van der Waals surface area contributed by atoms with Crippen LogP contribution in [0.2, 0.25) is 0 Å². The summed E-state index contributed by atoms with van der Waals surface area (Å²) in [6.45, 7) is 3.80. The van der Waals surface area contributed by atoms with Crippen LogP contribution in [0.4, 0.5) is 10.8 Å². The molecular weight excluding hydrogens is 280 g/mol. The minimum absolute atomic E-state index is 0.0544. The molecule has 1 heterocycles. The molecule has 0 saturated heterocycles. The average Bonchev–Trinajstić information content (AvgIpc) is 2.85. The smallest absolute Gasteiger partial charge is 0.276 e. The summed E-state index contributed by atoms with van der Waals surface area (Å²) in [5.41, 5.74) is 1.53. The maximum absolute atomic E-state index is 10.9. The zero-order valence-electron chi connectivity index (χ0n) is 11.3. The van der Waals surface area contributed by atoms with Gasteiger partial charge >= 0.3 is 0 Å². The fourth-order valence-corrected chi connectivity index (χ4v) is 2.33. The highest BCUT2D eigenvalue weighted by Crippen LogP contribution is 2.29. The Labute approximate surface area is 119 Å². The van der Waals surface area contributed by atoms with Gasteiger partial charge in [-0.05, 0) is 25.5 Å². The number of nitro benzene ring substituents is 1. The van der Waals surface area contributed by atoms with E-state index in [0.717, 1.165) is 5.56 Å². The number of ether oxygens (including phenoxy) is 1. The van der Waals surface area contributed by atoms with Crippen molar-refractivity contribution >= 4 is 22.2 Å². The fourth-order valence-electron chi connectivity index (χ4n) is 1.73. The summed E-state index contributed by atoms with van der Waals surface area (Å²) in [6, 6.07) is 3.19. The Balaban J connectivity index is 2.16. The summed E-state index contributed by atoms with van der Waals surface area (Å²) >= 11 is 1.38. The van der Waals surface area contributed by atoms with Gasteiger partial charge in [-0.2, -0.15) is 0 Å². The number of nitrogens with one attached hydrogen (secondary N) is 1. The van der Waals surface area contributed by atoms with E-state index >= 15 is 0 Å². The molecule has 0 radical (unpaired) electrons. The van der Waals surface area contributed by atoms with Gasteiger partial charge in [0.05, 0.1) is 11.0 Å². The van der Waals surface area contributed by atoms with Crippen LogP contribution in [0, 0.1) is 24.0 Å². The zero-order chi connectivity index (χ0) is 14.7. The molecule has 106 valence electrons. The van der Waals surface area contributed by atoms with Crippen LogP contribution in [0.1, 0.15) is 16.1 Å². The van der Waals surface area contributed by atoms with Crippen LogP contribution in [-0.2, 0) is 6.61 Å². The SMILES string of the molecule is CNc1nnc(COc2cc([N+](=O)[O-])c(C)cc2C)s1. The highest BCUT2D eigenvalue weighted by Gasteiger charge is 2.15. The van der Waals surface area contributed by atoms with Crippen molar-refractivity contribution in [3.63, 3.8) is 0 Å². The molecule has 1 aromatic heterocycles. The lowest BCUT2D eigenvalue weighted by Gasteiger charge is -2.08. The minimum Gasteiger partial charge on any atom is -0.486 e. The van der Waals surface area contributed by atoms with E-state index < -0.39 is 4.92 Å². The van der Waals surface area contributed by atoms with Gasteiger partial charge in [0.2, 0.25) is 5.13 Å². The molecule has 20 heavy (non-hydrogen) atoms. The van der Waals surface area contributed by atoms with Crippen molar-refractivity contribution in [2.24, 2.45) is 0 Å². The third kappa shape index (κ3) is 3.02. The molecule has 0 spiro atoms. The average molecular weight is 294 g/mol. The molecule has 1 N–H and O–H groups in total. The monoisotopic (exact) mass is 294 g/mol. The van der Waals surface area contributed by atoms with E-state index in [9.17, 15) is 10.1 Å². The Bertz CT molecular complexity index is 642. The maximum Gasteiger partial charge on any atom is 0.276 e. The number of nitrogens with zero attached hydrogens (tertiary/aromatic N) is 3. The second kappa shape index (κ2) is 5.83. The van der Waals surface area contributed by atoms with Gasteiger partial charge in [0.1, 0.15) is 12.4 Å². The second-order valence-electron chi connectivity index (χ2n) is 4.20. The third-order valence-electron chi connectivity index (χ3n) is 2.72. The molecule has 7 nitrogen and oxygen atoms in total. The number of hydrogen-bond donors (Lipinski definition) is 1. The molecule has 0 saturated carbocycles. The van der Waals surface area contributed by atoms with Crippen molar-refractivity contribution in [2.75, 3.05) is 12.4 Å². The van der Waals surface area contributed by atoms with E-state index in [1.54, 1.807) is 20.0 Å². The molecule has 2 aromatic rings. The largest absolute Gasteiger partial charge is 0.486 e. The summed E-state index contributed by atoms with van der Waals surface area (Å²) in [6.07, 6.45) is 0. The lowest BCUT2D eigenvalue weighted by Crippen LogP contribution is -1.99. The van der Waals surface area contributed by atoms with Gasteiger partial charge in [0.15, 0.2) is 5.01 Å². The minimum atomic E-state index is -0.411. The zero-order valence-corrected chi connectivity index (χ0v) is 12.2. The molecule has 0 aliphatic rings. The quantitative estimate of drug-likeness (QED) is 0.673. The first-order chi connectivity index (χ1) is 9.51. The molecular formula is C12H14N4O3S. The standard InChI is InChI=1S/C12H14N4O3S/c1-7-4-8(2)10(5-9(7)16(17)18)19-6-11-14-15-12(13-3)20-11/h4-5H,6H2,1-3H3,(H,13,15). The van der Waals surface area contributed by atoms with E-state index in [0.29, 0.717) is 21.5 Å². The molecule has 2 rings (SSSR count). The van der Waals surface area contributed by atoms with Crippen LogP contribution in [0.5, 0.6) is 5.75 Å². The summed E-state index contributed by atoms with van der Waals surface area (Å²) in [7, 11) is 1.76. The number of aryl methyl sites for hydroxylation is 2. The van der Waals surface area contributed by atoms with Crippen molar-refractivity contribution < 1.29 is 9.66 Å². The van der Waals surface area contributed by atoms with Crippen LogP contribution in [0.3, 0.4) is 0 Å². The Kier molecular flexibility index (Phi) is 4.14. The van der Waals surface area contributed by atoms with Crippen molar-refractivity contribution in [3.8, 4) is 5.75 Å². The van der Waals surface area contributed by atoms with Crippen LogP contribution in [0.25, 0.3) is 0 Å². The number of anilines is 1. The van der Waals surface area contributed by atoms with Gasteiger partial charge in [0, 0.05) is 12.6 Å². The van der Waals surface area contributed by atoms with Crippen LogP contribution >= 0.6 is 11.3 Å². The van der Waals surface area contributed by atoms with Crippen molar-refractivity contribution in [2.45, 2.75) is 20.5 Å². The Morgan fingerprint density at radius 3 is 2.70 bits per heavy atom. The summed E-state index contributed by atoms with van der Waals surface area (Å²) in [4.78, 5) is 10.5. The fraction of sp³-hybridized carbons (Fsp3) is 0.333. The van der Waals surface area contributed by atoms with Gasteiger partial charge in [-0.1, -0.05) is 11.3 Å². The predicted molar refractivity (Wildman–Crippen MR) is 76.4 cm³/mol. The maximum atomic E-state index is 10.9. The number of hydrogen-bond acceptors (Lipinski definition) is 7. The Morgan fingerprint density at radius 2 is 2.10 bits per heavy atom. The molecule has 0 amide bonds. The first-order valence-electron chi connectivity index (χ1n) is 5.90. The Hall–Kier alpha value is -2.22. The number of rotatable bonds is 5. The summed E-state index contributed by atoms with van der Waals surface area (Å²) in [5, 5.41) is 23.1. The molecule has 0 aliphatic carbocycles. The van der Waals surface area contributed by atoms with Crippen molar-refractivity contribution in [3.05, 3.63) is 38.4 Å². The number of benzene rings is 1. The molecule has 0 bridgehead atoms. The summed E-state index contributed by atoms with van der Waals surface area (Å²) < 4.78 is 5.60. The van der Waals surface area contributed by atoms with Gasteiger partial charge in [0.25, 0.3) is 5.69 Å². The van der Waals surface area contributed by atoms with E-state index in [-0.39, 0.29) is 12.3 Å². The molecule has 1 aromatic carbocycles. The van der Waals surface area contributed by atoms with Crippen molar-refractivity contribution in [1.29, 1.82) is 0 Å². The van der Waals surface area contributed by atoms with Gasteiger partial charge < -0.3 is 10.1 Å². The van der Waals surface area contributed by atoms with Gasteiger partial charge in [-0.15, -0.1) is 10.2 Å². The molecule has 0 atom stereocenters. The van der Waals surface area contributed by atoms with E-state index in [4.69, 9.17) is 4.74 Å². The van der Waals surface area contributed by atoms with E-state index in [2.05, 4.69) is 15.5 Å². The highest BCUT2D eigenvalue weighted by atomic mass is 32.1. The van der Waals surface area contributed by atoms with Crippen LogP contribution in [-0.4, -0.2) is 22.2 Å². The van der Waals surface area contributed by atoms with Crippen molar-refractivity contribution in [1.82, 2.24) is 10.2 Å².